The molecule has 1 N–H and O–H groups in total. The van der Waals surface area contributed by atoms with E-state index in [0.717, 1.165) is 46.0 Å². The third-order valence-corrected chi connectivity index (χ3v) is 3.86. The smallest absolute Gasteiger partial charge is 0.165 e. The van der Waals surface area contributed by atoms with Crippen molar-refractivity contribution in [2.75, 3.05) is 5.32 Å². The first-order chi connectivity index (χ1) is 10.9. The molecule has 3 aromatic rings. The number of hydrogen-bond acceptors (Lipinski definition) is 5. The second kappa shape index (κ2) is 5.95. The minimum absolute atomic E-state index is 0.187. The lowest BCUT2D eigenvalue weighted by Crippen LogP contribution is -2.24. The molecule has 6 heteroatoms. The Bertz CT molecular complexity index is 852. The van der Waals surface area contributed by atoms with Crippen molar-refractivity contribution in [3.63, 3.8) is 0 Å². The van der Waals surface area contributed by atoms with Crippen LogP contribution in [0.1, 0.15) is 29.6 Å². The van der Waals surface area contributed by atoms with E-state index in [2.05, 4.69) is 58.3 Å². The van der Waals surface area contributed by atoms with Crippen LogP contribution in [0.3, 0.4) is 0 Å². The van der Waals surface area contributed by atoms with Gasteiger partial charge in [0.15, 0.2) is 5.65 Å². The Balaban J connectivity index is 1.88. The molecular weight excluding hydrogens is 288 g/mol. The van der Waals surface area contributed by atoms with Crippen LogP contribution in [-0.4, -0.2) is 30.8 Å². The molecule has 0 saturated carbocycles. The van der Waals surface area contributed by atoms with Crippen molar-refractivity contribution in [3.05, 3.63) is 41.1 Å². The quantitative estimate of drug-likeness (QED) is 0.802. The van der Waals surface area contributed by atoms with Gasteiger partial charge in [0.1, 0.15) is 12.1 Å². The van der Waals surface area contributed by atoms with Crippen LogP contribution in [0.25, 0.3) is 11.0 Å². The lowest BCUT2D eigenvalue weighted by molar-refractivity contribution is 0.545. The third kappa shape index (κ3) is 3.16. The number of nitrogens with one attached hydrogen (secondary N) is 1. The van der Waals surface area contributed by atoms with Crippen LogP contribution in [0, 0.1) is 27.7 Å². The summed E-state index contributed by atoms with van der Waals surface area (Å²) in [6, 6.07) is 4.33. The predicted octanol–water partition coefficient (Wildman–Crippen LogP) is 2.96. The van der Waals surface area contributed by atoms with E-state index < -0.39 is 0 Å². The highest BCUT2D eigenvalue weighted by molar-refractivity contribution is 5.89. The van der Waals surface area contributed by atoms with Gasteiger partial charge < -0.3 is 5.32 Å². The molecule has 3 rings (SSSR count). The molecule has 0 aliphatic carbocycles. The molecule has 0 amide bonds. The van der Waals surface area contributed by atoms with Crippen LogP contribution >= 0.6 is 0 Å². The Morgan fingerprint density at radius 3 is 2.57 bits per heavy atom. The molecule has 0 aromatic carbocycles. The maximum Gasteiger partial charge on any atom is 0.165 e. The second-order valence-corrected chi connectivity index (χ2v) is 6.16. The van der Waals surface area contributed by atoms with E-state index in [9.17, 15) is 0 Å². The highest BCUT2D eigenvalue weighted by atomic mass is 15.3. The first-order valence-electron chi connectivity index (χ1n) is 7.80. The highest BCUT2D eigenvalue weighted by Gasteiger charge is 2.12. The number of hydrogen-bond donors (Lipinski definition) is 1. The molecule has 0 aliphatic rings. The van der Waals surface area contributed by atoms with Gasteiger partial charge in [0.2, 0.25) is 0 Å². The topological polar surface area (TPSA) is 68.5 Å². The standard InChI is InChI=1S/C17H22N6/c1-10-6-11(2)20-16-15(10)17(19-9-18-16)21-13(4)8-23-14(5)7-12(3)22-23/h6-7,9,13H,8H2,1-5H3,(H,18,19,20,21)/t13-/m0/s1. The van der Waals surface area contributed by atoms with Crippen molar-refractivity contribution in [1.82, 2.24) is 24.7 Å². The average Bonchev–Trinajstić information content (AvgIpc) is 2.76. The van der Waals surface area contributed by atoms with Gasteiger partial charge in [-0.25, -0.2) is 15.0 Å². The number of rotatable bonds is 4. The molecule has 120 valence electrons. The number of anilines is 1. The van der Waals surface area contributed by atoms with Crippen LogP contribution < -0.4 is 5.32 Å². The lowest BCUT2D eigenvalue weighted by Gasteiger charge is -2.17. The van der Waals surface area contributed by atoms with E-state index >= 15 is 0 Å². The zero-order chi connectivity index (χ0) is 16.6. The molecule has 3 heterocycles. The maximum absolute atomic E-state index is 4.51. The highest BCUT2D eigenvalue weighted by Crippen LogP contribution is 2.23. The molecule has 0 aliphatic heterocycles. The number of nitrogens with zero attached hydrogens (tertiary/aromatic N) is 5. The number of aryl methyl sites for hydroxylation is 4. The summed E-state index contributed by atoms with van der Waals surface area (Å²) in [7, 11) is 0. The first-order valence-corrected chi connectivity index (χ1v) is 7.80. The third-order valence-electron chi connectivity index (χ3n) is 3.86. The minimum atomic E-state index is 0.187. The molecule has 0 radical (unpaired) electrons. The fourth-order valence-electron chi connectivity index (χ4n) is 2.92. The average molecular weight is 310 g/mol. The number of fused-ring (bicyclic) bond motifs is 1. The van der Waals surface area contributed by atoms with Crippen LogP contribution in [0.15, 0.2) is 18.5 Å². The number of pyridine rings is 1. The first kappa shape index (κ1) is 15.4. The van der Waals surface area contributed by atoms with Crippen LogP contribution in [0.4, 0.5) is 5.82 Å². The van der Waals surface area contributed by atoms with Crippen LogP contribution in [0.2, 0.25) is 0 Å². The summed E-state index contributed by atoms with van der Waals surface area (Å²) in [4.78, 5) is 13.2. The van der Waals surface area contributed by atoms with Crippen molar-refractivity contribution < 1.29 is 0 Å². The van der Waals surface area contributed by atoms with Gasteiger partial charge in [-0.3, -0.25) is 4.68 Å². The summed E-state index contributed by atoms with van der Waals surface area (Å²) >= 11 is 0. The summed E-state index contributed by atoms with van der Waals surface area (Å²) < 4.78 is 2.02. The van der Waals surface area contributed by atoms with Crippen LogP contribution in [-0.2, 0) is 6.54 Å². The zero-order valence-electron chi connectivity index (χ0n) is 14.3. The van der Waals surface area contributed by atoms with Gasteiger partial charge >= 0.3 is 0 Å². The van der Waals surface area contributed by atoms with E-state index in [1.54, 1.807) is 6.33 Å². The van der Waals surface area contributed by atoms with Crippen LogP contribution in [0.5, 0.6) is 0 Å². The van der Waals surface area contributed by atoms with Crippen molar-refractivity contribution in [2.45, 2.75) is 47.2 Å². The van der Waals surface area contributed by atoms with Gasteiger partial charge in [-0.1, -0.05) is 0 Å². The lowest BCUT2D eigenvalue weighted by atomic mass is 10.1. The van der Waals surface area contributed by atoms with Gasteiger partial charge in [0.05, 0.1) is 17.6 Å². The maximum atomic E-state index is 4.51. The van der Waals surface area contributed by atoms with E-state index in [4.69, 9.17) is 0 Å². The molecule has 23 heavy (non-hydrogen) atoms. The van der Waals surface area contributed by atoms with E-state index in [0.29, 0.717) is 0 Å². The summed E-state index contributed by atoms with van der Waals surface area (Å²) in [6.07, 6.45) is 1.56. The molecule has 0 saturated heterocycles. The van der Waals surface area contributed by atoms with Crippen molar-refractivity contribution in [2.24, 2.45) is 0 Å². The van der Waals surface area contributed by atoms with Gasteiger partial charge in [-0.15, -0.1) is 0 Å². The summed E-state index contributed by atoms with van der Waals surface area (Å²) in [5.41, 5.74) is 5.04. The van der Waals surface area contributed by atoms with Gasteiger partial charge in [-0.05, 0) is 52.3 Å². The van der Waals surface area contributed by atoms with Gasteiger partial charge in [0.25, 0.3) is 0 Å². The Hall–Kier alpha value is -2.50. The molecular formula is C17H22N6. The SMILES string of the molecule is Cc1cc(C)c2c(N[C@@H](C)Cn3nc(C)cc3C)ncnc2n1. The Labute approximate surface area is 136 Å². The van der Waals surface area contributed by atoms with Crippen molar-refractivity contribution in [3.8, 4) is 0 Å². The monoisotopic (exact) mass is 310 g/mol. The fraction of sp³-hybridized carbons (Fsp3) is 0.412. The summed E-state index contributed by atoms with van der Waals surface area (Å²) in [5.74, 6) is 0.828. The predicted molar refractivity (Wildman–Crippen MR) is 91.6 cm³/mol. The summed E-state index contributed by atoms with van der Waals surface area (Å²) in [5, 5.41) is 8.98. The van der Waals surface area contributed by atoms with Gasteiger partial charge in [-0.2, -0.15) is 5.10 Å². The molecule has 0 bridgehead atoms. The molecule has 6 nitrogen and oxygen atoms in total. The molecule has 0 fully saturated rings. The van der Waals surface area contributed by atoms with E-state index in [-0.39, 0.29) is 6.04 Å². The zero-order valence-corrected chi connectivity index (χ0v) is 14.3. The minimum Gasteiger partial charge on any atom is -0.365 e. The molecule has 3 aromatic heterocycles. The van der Waals surface area contributed by atoms with Gasteiger partial charge in [0, 0.05) is 17.4 Å². The summed E-state index contributed by atoms with van der Waals surface area (Å²) in [6.45, 7) is 11.0. The van der Waals surface area contributed by atoms with Crippen molar-refractivity contribution >= 4 is 16.9 Å². The van der Waals surface area contributed by atoms with E-state index in [1.165, 1.54) is 0 Å². The molecule has 0 unspecified atom stereocenters. The molecule has 0 spiro atoms. The Morgan fingerprint density at radius 2 is 1.87 bits per heavy atom. The molecule has 1 atom stereocenters. The van der Waals surface area contributed by atoms with E-state index in [1.807, 2.05) is 18.5 Å². The second-order valence-electron chi connectivity index (χ2n) is 6.16. The Morgan fingerprint density at radius 1 is 1.09 bits per heavy atom. The normalized spacial score (nSPS) is 12.6. The fourth-order valence-corrected chi connectivity index (χ4v) is 2.92. The van der Waals surface area contributed by atoms with Crippen molar-refractivity contribution in [1.29, 1.82) is 0 Å². The number of aromatic nitrogens is 5. The largest absolute Gasteiger partial charge is 0.365 e. The Kier molecular flexibility index (Phi) is 3.98.